The van der Waals surface area contributed by atoms with E-state index in [0.717, 1.165) is 64.7 Å². The van der Waals surface area contributed by atoms with Crippen molar-refractivity contribution in [2.45, 2.75) is 68.0 Å². The highest BCUT2D eigenvalue weighted by Gasteiger charge is 2.52. The molecule has 0 aliphatic carbocycles. The van der Waals surface area contributed by atoms with E-state index in [0.29, 0.717) is 6.42 Å². The SMILES string of the molecule is COc1ccc(C(OC[C@H]2O[C@@H](n3c(=O)[nH]c4ccccc43)C[C@@H]2O[P@]2O[C@H](C[Si](C)(c3ccccc3)c3ccccc3)[C@@H]3CCCN32)(c2ccccc2)c2ccc(OC)cc2)cc1. The van der Waals surface area contributed by atoms with Gasteiger partial charge in [-0.3, -0.25) is 4.57 Å². The van der Waals surface area contributed by atoms with Gasteiger partial charge < -0.3 is 33.0 Å². The number of nitrogens with zero attached hydrogens (tertiary/aromatic N) is 2. The van der Waals surface area contributed by atoms with E-state index in [4.69, 9.17) is 28.0 Å². The van der Waals surface area contributed by atoms with Crippen LogP contribution in [0.5, 0.6) is 11.5 Å². The molecule has 328 valence electrons. The molecule has 64 heavy (non-hydrogen) atoms. The highest BCUT2D eigenvalue weighted by molar-refractivity contribution is 7.45. The second-order valence-corrected chi connectivity index (χ2v) is 22.8. The molecule has 6 atom stereocenters. The Hall–Kier alpha value is -5.36. The lowest BCUT2D eigenvalue weighted by Gasteiger charge is -2.37. The molecule has 1 N–H and O–H groups in total. The van der Waals surface area contributed by atoms with Crippen LogP contribution in [-0.2, 0) is 24.1 Å². The molecule has 1 aromatic heterocycles. The van der Waals surface area contributed by atoms with Gasteiger partial charge in [0.25, 0.3) is 8.53 Å². The van der Waals surface area contributed by atoms with E-state index in [1.807, 2.05) is 66.7 Å². The van der Waals surface area contributed by atoms with Crippen molar-refractivity contribution in [3.8, 4) is 11.5 Å². The predicted molar refractivity (Wildman–Crippen MR) is 254 cm³/mol. The third kappa shape index (κ3) is 7.94. The Morgan fingerprint density at radius 2 is 1.28 bits per heavy atom. The number of fused-ring (bicyclic) bond motifs is 2. The molecule has 3 aliphatic rings. The molecule has 0 bridgehead atoms. The summed E-state index contributed by atoms with van der Waals surface area (Å²) in [5, 5.41) is 2.80. The van der Waals surface area contributed by atoms with Crippen LogP contribution in [0.3, 0.4) is 0 Å². The van der Waals surface area contributed by atoms with Gasteiger partial charge in [0.1, 0.15) is 37.5 Å². The average molecular weight is 892 g/mol. The Kier molecular flexibility index (Phi) is 12.1. The maximum atomic E-state index is 13.7. The number of ether oxygens (including phenoxy) is 4. The molecule has 10 rings (SSSR count). The van der Waals surface area contributed by atoms with Crippen LogP contribution in [0.2, 0.25) is 12.6 Å². The van der Waals surface area contributed by atoms with E-state index in [2.05, 4.69) is 113 Å². The number of para-hydroxylation sites is 2. The normalized spacial score (nSPS) is 22.5. The zero-order chi connectivity index (χ0) is 43.7. The Balaban J connectivity index is 1.01. The molecule has 3 fully saturated rings. The summed E-state index contributed by atoms with van der Waals surface area (Å²) in [5.41, 5.74) is 3.01. The van der Waals surface area contributed by atoms with Crippen LogP contribution < -0.4 is 25.5 Å². The molecular weight excluding hydrogens is 838 g/mol. The van der Waals surface area contributed by atoms with Gasteiger partial charge in [-0.05, 0) is 72.0 Å². The minimum Gasteiger partial charge on any atom is -0.497 e. The molecule has 12 heteroatoms. The summed E-state index contributed by atoms with van der Waals surface area (Å²) in [5.74, 6) is 1.49. The predicted octanol–water partition coefficient (Wildman–Crippen LogP) is 9.01. The number of imidazole rings is 1. The van der Waals surface area contributed by atoms with Crippen LogP contribution in [0.1, 0.15) is 42.2 Å². The summed E-state index contributed by atoms with van der Waals surface area (Å²) in [6.07, 6.45) is 0.964. The molecule has 7 aromatic rings. The molecule has 3 aliphatic heterocycles. The van der Waals surface area contributed by atoms with E-state index in [1.54, 1.807) is 18.8 Å². The number of hydrogen-bond donors (Lipinski definition) is 1. The summed E-state index contributed by atoms with van der Waals surface area (Å²) in [6.45, 7) is 3.54. The lowest BCUT2D eigenvalue weighted by atomic mass is 9.80. The Bertz CT molecular complexity index is 2620. The molecular formula is C52H54N3O7PSi. The number of hydrogen-bond acceptors (Lipinski definition) is 8. The topological polar surface area (TPSA) is 96.4 Å². The van der Waals surface area contributed by atoms with Gasteiger partial charge in [-0.1, -0.05) is 144 Å². The number of benzene rings is 6. The highest BCUT2D eigenvalue weighted by Crippen LogP contribution is 2.59. The molecule has 3 saturated heterocycles. The van der Waals surface area contributed by atoms with Gasteiger partial charge in [0, 0.05) is 19.0 Å². The molecule has 0 unspecified atom stereocenters. The van der Waals surface area contributed by atoms with Gasteiger partial charge in [0.05, 0.1) is 44.1 Å². The lowest BCUT2D eigenvalue weighted by molar-refractivity contribution is -0.0910. The van der Waals surface area contributed by atoms with Crippen molar-refractivity contribution < 1.29 is 28.0 Å². The highest BCUT2D eigenvalue weighted by atomic mass is 31.2. The maximum absolute atomic E-state index is 13.7. The van der Waals surface area contributed by atoms with Gasteiger partial charge in [-0.25, -0.2) is 9.46 Å². The van der Waals surface area contributed by atoms with Gasteiger partial charge in [0.2, 0.25) is 0 Å². The maximum Gasteiger partial charge on any atom is 0.328 e. The van der Waals surface area contributed by atoms with E-state index in [9.17, 15) is 4.79 Å². The van der Waals surface area contributed by atoms with Crippen LogP contribution in [-0.4, -0.2) is 74.0 Å². The van der Waals surface area contributed by atoms with Crippen LogP contribution in [0.4, 0.5) is 0 Å². The van der Waals surface area contributed by atoms with E-state index in [1.165, 1.54) is 10.4 Å². The number of nitrogens with one attached hydrogen (secondary N) is 1. The summed E-state index contributed by atoms with van der Waals surface area (Å²) < 4.78 is 44.4. The van der Waals surface area contributed by atoms with Crippen molar-refractivity contribution in [1.29, 1.82) is 0 Å². The fraction of sp³-hybridized carbons (Fsp3) is 0.288. The monoisotopic (exact) mass is 891 g/mol. The molecule has 6 aromatic carbocycles. The van der Waals surface area contributed by atoms with Crippen LogP contribution in [0.15, 0.2) is 169 Å². The summed E-state index contributed by atoms with van der Waals surface area (Å²) >= 11 is 0. The van der Waals surface area contributed by atoms with Crippen molar-refractivity contribution in [3.63, 3.8) is 0 Å². The summed E-state index contributed by atoms with van der Waals surface area (Å²) in [6, 6.07) is 57.3. The first-order chi connectivity index (χ1) is 31.4. The molecule has 0 saturated carbocycles. The minimum absolute atomic E-state index is 0.00520. The second-order valence-electron chi connectivity index (χ2n) is 17.2. The van der Waals surface area contributed by atoms with Crippen LogP contribution in [0, 0.1) is 0 Å². The average Bonchev–Trinajstić information content (AvgIpc) is 4.14. The zero-order valence-electron chi connectivity index (χ0n) is 36.4. The Morgan fingerprint density at radius 3 is 1.89 bits per heavy atom. The Labute approximate surface area is 376 Å². The van der Waals surface area contributed by atoms with E-state index < -0.39 is 40.6 Å². The van der Waals surface area contributed by atoms with E-state index in [-0.39, 0.29) is 24.4 Å². The first-order valence-electron chi connectivity index (χ1n) is 22.2. The smallest absolute Gasteiger partial charge is 0.328 e. The second kappa shape index (κ2) is 18.3. The number of aromatic amines is 1. The fourth-order valence-corrected chi connectivity index (χ4v) is 16.1. The molecule has 0 spiro atoms. The molecule has 4 heterocycles. The van der Waals surface area contributed by atoms with Crippen molar-refractivity contribution in [1.82, 2.24) is 14.2 Å². The van der Waals surface area contributed by atoms with Crippen molar-refractivity contribution in [3.05, 3.63) is 191 Å². The first kappa shape index (κ1) is 42.6. The summed E-state index contributed by atoms with van der Waals surface area (Å²) in [4.78, 5) is 16.8. The number of H-pyrrole nitrogens is 1. The molecule has 0 amide bonds. The van der Waals surface area contributed by atoms with Crippen molar-refractivity contribution >= 4 is 38.0 Å². The van der Waals surface area contributed by atoms with Gasteiger partial charge in [-0.15, -0.1) is 0 Å². The van der Waals surface area contributed by atoms with Gasteiger partial charge in [-0.2, -0.15) is 0 Å². The molecule has 10 nitrogen and oxygen atoms in total. The minimum atomic E-state index is -2.24. The lowest BCUT2D eigenvalue weighted by Crippen LogP contribution is -2.58. The summed E-state index contributed by atoms with van der Waals surface area (Å²) in [7, 11) is -0.355. The number of methoxy groups -OCH3 is 2. The fourth-order valence-electron chi connectivity index (χ4n) is 10.2. The van der Waals surface area contributed by atoms with Gasteiger partial charge in [0.15, 0.2) is 0 Å². The van der Waals surface area contributed by atoms with Crippen LogP contribution in [0.25, 0.3) is 11.0 Å². The number of rotatable bonds is 15. The van der Waals surface area contributed by atoms with Crippen LogP contribution >= 0.6 is 8.53 Å². The quantitative estimate of drug-likeness (QED) is 0.0620. The zero-order valence-corrected chi connectivity index (χ0v) is 38.3. The van der Waals surface area contributed by atoms with Crippen molar-refractivity contribution in [2.24, 2.45) is 0 Å². The van der Waals surface area contributed by atoms with E-state index >= 15 is 0 Å². The molecule has 0 radical (unpaired) electrons. The first-order valence-corrected chi connectivity index (χ1v) is 26.1. The largest absolute Gasteiger partial charge is 0.497 e. The van der Waals surface area contributed by atoms with Gasteiger partial charge >= 0.3 is 5.69 Å². The van der Waals surface area contributed by atoms with Crippen molar-refractivity contribution in [2.75, 3.05) is 27.4 Å². The standard InChI is InChI=1S/C52H54N3O7PSi/c1-57-40-29-25-38(26-30-40)52(37-16-7-4-8-17-37,39-27-31-41(58-2)32-28-39)59-35-48-47(34-50(60-48)55-45-23-14-13-22-44(45)53-51(55)56)61-63-54-33-15-24-46(54)49(62-63)36-64(3,42-18-9-5-10-19-42)43-20-11-6-12-21-43/h4-14,16-23,25-32,46-50H,15,24,33-36H2,1-3H3,(H,53,56)/t46-,47-,48+,49+,50+,63+/m0/s1. The number of aromatic nitrogens is 2. The Morgan fingerprint density at radius 1 is 0.719 bits per heavy atom. The third-order valence-corrected chi connectivity index (χ3v) is 19.8. The third-order valence-electron chi connectivity index (χ3n) is 13.5.